The molecule has 180 valence electrons. The highest BCUT2D eigenvalue weighted by Crippen LogP contribution is 2.30. The van der Waals surface area contributed by atoms with Gasteiger partial charge in [-0.05, 0) is 24.3 Å². The predicted molar refractivity (Wildman–Crippen MR) is 109 cm³/mol. The summed E-state index contributed by atoms with van der Waals surface area (Å²) in [6.45, 7) is 2.17. The Kier molecular flexibility index (Phi) is 7.26. The molecule has 9 nitrogen and oxygen atoms in total. The molecule has 0 saturated carbocycles. The molecule has 0 bridgehead atoms. The molecule has 3 atom stereocenters. The molecule has 0 amide bonds. The number of nitrogens with one attached hydrogen (secondary N) is 1. The average molecular weight is 480 g/mol. The predicted octanol–water partition coefficient (Wildman–Crippen LogP) is 1.74. The summed E-state index contributed by atoms with van der Waals surface area (Å²) in [4.78, 5) is 49.2. The van der Waals surface area contributed by atoms with E-state index >= 15 is 0 Å². The van der Waals surface area contributed by atoms with E-state index in [9.17, 15) is 32.3 Å². The van der Waals surface area contributed by atoms with E-state index in [4.69, 9.17) is 14.2 Å². The van der Waals surface area contributed by atoms with Crippen molar-refractivity contribution in [2.75, 3.05) is 6.61 Å². The number of aromatic nitrogens is 2. The van der Waals surface area contributed by atoms with Gasteiger partial charge >= 0.3 is 23.8 Å². The molecule has 1 aromatic heterocycles. The SMILES string of the molecule is CC(=O)OC[C@H]1O[C@@H](n2cc(C#Cc3ccc(C(F)(F)F)cc3)c(=O)[nH]c2=O)C[C@@H]1OC(C)=O. The van der Waals surface area contributed by atoms with Crippen LogP contribution in [-0.4, -0.2) is 40.3 Å². The number of nitrogens with zero attached hydrogens (tertiary/aromatic N) is 1. The molecule has 2 aromatic rings. The van der Waals surface area contributed by atoms with Crippen molar-refractivity contribution in [2.24, 2.45) is 0 Å². The molecule has 1 aliphatic rings. The van der Waals surface area contributed by atoms with Crippen molar-refractivity contribution in [3.8, 4) is 11.8 Å². The molecule has 1 fully saturated rings. The quantitative estimate of drug-likeness (QED) is 0.523. The first-order chi connectivity index (χ1) is 15.9. The van der Waals surface area contributed by atoms with E-state index in [1.165, 1.54) is 13.8 Å². The molecule has 34 heavy (non-hydrogen) atoms. The topological polar surface area (TPSA) is 117 Å². The normalized spacial score (nSPS) is 19.7. The van der Waals surface area contributed by atoms with Gasteiger partial charge in [-0.25, -0.2) is 4.79 Å². The van der Waals surface area contributed by atoms with Crippen LogP contribution in [0, 0.1) is 11.8 Å². The minimum atomic E-state index is -4.49. The van der Waals surface area contributed by atoms with Gasteiger partial charge in [-0.3, -0.25) is 23.9 Å². The smallest absolute Gasteiger partial charge is 0.416 e. The number of benzene rings is 1. The van der Waals surface area contributed by atoms with Crippen molar-refractivity contribution in [1.82, 2.24) is 9.55 Å². The van der Waals surface area contributed by atoms with Crippen LogP contribution in [0.4, 0.5) is 13.2 Å². The number of H-pyrrole nitrogens is 1. The molecule has 0 aliphatic carbocycles. The van der Waals surface area contributed by atoms with E-state index in [0.29, 0.717) is 0 Å². The van der Waals surface area contributed by atoms with Crippen LogP contribution in [0.5, 0.6) is 0 Å². The van der Waals surface area contributed by atoms with E-state index < -0.39 is 53.4 Å². The zero-order valence-electron chi connectivity index (χ0n) is 18.0. The third-order valence-electron chi connectivity index (χ3n) is 4.78. The lowest BCUT2D eigenvalue weighted by Gasteiger charge is -2.17. The van der Waals surface area contributed by atoms with Crippen LogP contribution in [0.15, 0.2) is 40.1 Å². The Morgan fingerprint density at radius 3 is 2.41 bits per heavy atom. The lowest BCUT2D eigenvalue weighted by atomic mass is 10.1. The van der Waals surface area contributed by atoms with Crippen LogP contribution < -0.4 is 11.2 Å². The minimum absolute atomic E-state index is 0.0310. The summed E-state index contributed by atoms with van der Waals surface area (Å²) < 4.78 is 54.9. The van der Waals surface area contributed by atoms with Crippen molar-refractivity contribution in [2.45, 2.75) is 44.9 Å². The summed E-state index contributed by atoms with van der Waals surface area (Å²) in [5.74, 6) is 3.93. The molecule has 1 saturated heterocycles. The summed E-state index contributed by atoms with van der Waals surface area (Å²) in [7, 11) is 0. The van der Waals surface area contributed by atoms with Gasteiger partial charge < -0.3 is 14.2 Å². The molecule has 1 aliphatic heterocycles. The number of carbonyl (C=O) groups excluding carboxylic acids is 2. The first kappa shape index (κ1) is 24.8. The van der Waals surface area contributed by atoms with E-state index in [1.807, 2.05) is 0 Å². The fraction of sp³-hybridized carbons (Fsp3) is 0.364. The van der Waals surface area contributed by atoms with Crippen LogP contribution in [0.2, 0.25) is 0 Å². The molecular formula is C22H19F3N2O7. The Morgan fingerprint density at radius 2 is 1.82 bits per heavy atom. The van der Waals surface area contributed by atoms with Gasteiger partial charge in [-0.2, -0.15) is 13.2 Å². The second kappa shape index (κ2) is 9.96. The van der Waals surface area contributed by atoms with Gasteiger partial charge in [-0.15, -0.1) is 0 Å². The third kappa shape index (κ3) is 6.14. The second-order valence-electron chi connectivity index (χ2n) is 7.35. The van der Waals surface area contributed by atoms with Crippen molar-refractivity contribution in [1.29, 1.82) is 0 Å². The highest BCUT2D eigenvalue weighted by Gasteiger charge is 2.39. The van der Waals surface area contributed by atoms with Crippen molar-refractivity contribution in [3.63, 3.8) is 0 Å². The summed E-state index contributed by atoms with van der Waals surface area (Å²) in [5, 5.41) is 0. The number of aromatic amines is 1. The zero-order chi connectivity index (χ0) is 25.0. The molecule has 1 N–H and O–H groups in total. The maximum absolute atomic E-state index is 12.7. The van der Waals surface area contributed by atoms with Gasteiger partial charge in [0.2, 0.25) is 0 Å². The van der Waals surface area contributed by atoms with E-state index in [-0.39, 0.29) is 24.2 Å². The van der Waals surface area contributed by atoms with Gasteiger partial charge in [0.25, 0.3) is 5.56 Å². The first-order valence-corrected chi connectivity index (χ1v) is 9.95. The molecule has 0 unspecified atom stereocenters. The molecule has 3 rings (SSSR count). The lowest BCUT2D eigenvalue weighted by Crippen LogP contribution is -2.34. The van der Waals surface area contributed by atoms with Gasteiger partial charge in [0.15, 0.2) is 0 Å². The summed E-state index contributed by atoms with van der Waals surface area (Å²) in [5.41, 5.74) is -2.38. The number of rotatable bonds is 4. The van der Waals surface area contributed by atoms with E-state index in [0.717, 1.165) is 35.0 Å². The van der Waals surface area contributed by atoms with Crippen molar-refractivity contribution >= 4 is 11.9 Å². The standard InChI is InChI=1S/C22H19F3N2O7/c1-12(28)32-11-18-17(33-13(2)29)9-19(34-18)27-10-15(20(30)26-21(27)31)6-3-14-4-7-16(8-5-14)22(23,24)25/h4-5,7-8,10,17-19H,9,11H2,1-2H3,(H,26,30,31)/t17-,18+,19+/m0/s1. The Labute approximate surface area is 190 Å². The Morgan fingerprint density at radius 1 is 1.15 bits per heavy atom. The summed E-state index contributed by atoms with van der Waals surface area (Å²) in [6.07, 6.45) is -5.95. The number of alkyl halides is 3. The average Bonchev–Trinajstić information content (AvgIpc) is 3.13. The number of hydrogen-bond donors (Lipinski definition) is 1. The Hall–Kier alpha value is -3.85. The van der Waals surface area contributed by atoms with Crippen LogP contribution in [0.25, 0.3) is 0 Å². The summed E-state index contributed by atoms with van der Waals surface area (Å²) >= 11 is 0. The minimum Gasteiger partial charge on any atom is -0.463 e. The lowest BCUT2D eigenvalue weighted by molar-refractivity contribution is -0.155. The summed E-state index contributed by atoms with van der Waals surface area (Å²) in [6, 6.07) is 4.03. The van der Waals surface area contributed by atoms with Crippen molar-refractivity contribution in [3.05, 3.63) is 68.0 Å². The Balaban J connectivity index is 1.86. The van der Waals surface area contributed by atoms with Gasteiger partial charge in [0, 0.05) is 32.0 Å². The largest absolute Gasteiger partial charge is 0.463 e. The van der Waals surface area contributed by atoms with Gasteiger partial charge in [0.05, 0.1) is 5.56 Å². The van der Waals surface area contributed by atoms with Crippen molar-refractivity contribution < 1.29 is 37.0 Å². The monoisotopic (exact) mass is 480 g/mol. The Bertz CT molecular complexity index is 1250. The third-order valence-corrected chi connectivity index (χ3v) is 4.78. The molecule has 0 radical (unpaired) electrons. The maximum Gasteiger partial charge on any atom is 0.416 e. The number of ether oxygens (including phenoxy) is 3. The number of halogens is 3. The molecule has 2 heterocycles. The van der Waals surface area contributed by atoms with Crippen LogP contribution >= 0.6 is 0 Å². The van der Waals surface area contributed by atoms with Gasteiger partial charge in [-0.1, -0.05) is 11.8 Å². The molecule has 12 heteroatoms. The first-order valence-electron chi connectivity index (χ1n) is 9.95. The van der Waals surface area contributed by atoms with Gasteiger partial charge in [0.1, 0.15) is 30.6 Å². The highest BCUT2D eigenvalue weighted by atomic mass is 19.4. The zero-order valence-corrected chi connectivity index (χ0v) is 18.0. The molecule has 0 spiro atoms. The fourth-order valence-corrected chi connectivity index (χ4v) is 3.23. The molecule has 1 aromatic carbocycles. The number of hydrogen-bond acceptors (Lipinski definition) is 7. The van der Waals surface area contributed by atoms with E-state index in [2.05, 4.69) is 16.8 Å². The van der Waals surface area contributed by atoms with Crippen LogP contribution in [-0.2, 0) is 30.0 Å². The number of carbonyl (C=O) groups is 2. The molecular weight excluding hydrogens is 461 g/mol. The highest BCUT2D eigenvalue weighted by molar-refractivity contribution is 5.66. The maximum atomic E-state index is 12.7. The number of esters is 2. The van der Waals surface area contributed by atoms with Crippen LogP contribution in [0.1, 0.15) is 43.2 Å². The van der Waals surface area contributed by atoms with E-state index in [1.54, 1.807) is 0 Å². The van der Waals surface area contributed by atoms with Crippen LogP contribution in [0.3, 0.4) is 0 Å². The fourth-order valence-electron chi connectivity index (χ4n) is 3.23. The second-order valence-corrected chi connectivity index (χ2v) is 7.35.